The smallest absolute Gasteiger partial charge is 0.206 e. The Hall–Kier alpha value is -2.20. The van der Waals surface area contributed by atoms with Gasteiger partial charge in [0.25, 0.3) is 0 Å². The summed E-state index contributed by atoms with van der Waals surface area (Å²) in [6.07, 6.45) is 2.56. The molecule has 0 aliphatic carbocycles. The van der Waals surface area contributed by atoms with Gasteiger partial charge in [-0.1, -0.05) is 24.3 Å². The molecule has 1 atom stereocenters. The van der Waals surface area contributed by atoms with E-state index in [1.165, 1.54) is 5.56 Å². The van der Waals surface area contributed by atoms with E-state index in [-0.39, 0.29) is 11.8 Å². The first-order valence-corrected chi connectivity index (χ1v) is 6.65. The van der Waals surface area contributed by atoms with Crippen LogP contribution in [0.1, 0.15) is 27.7 Å². The van der Waals surface area contributed by atoms with Crippen molar-refractivity contribution >= 4 is 5.78 Å². The maximum atomic E-state index is 12.7. The lowest BCUT2D eigenvalue weighted by atomic mass is 9.90. The number of ketones is 1. The lowest BCUT2D eigenvalue weighted by molar-refractivity contribution is 0.0931. The summed E-state index contributed by atoms with van der Waals surface area (Å²) in [6.45, 7) is 0.794. The van der Waals surface area contributed by atoms with E-state index >= 15 is 0 Å². The van der Waals surface area contributed by atoms with Crippen molar-refractivity contribution in [1.29, 1.82) is 0 Å². The Labute approximate surface area is 117 Å². The number of nitrogens with one attached hydrogen (secondary N) is 1. The van der Waals surface area contributed by atoms with Gasteiger partial charge in [-0.25, -0.2) is 4.98 Å². The van der Waals surface area contributed by atoms with Crippen LogP contribution in [0, 0.1) is 0 Å². The van der Waals surface area contributed by atoms with Crippen molar-refractivity contribution in [2.45, 2.75) is 12.5 Å². The van der Waals surface area contributed by atoms with Crippen LogP contribution in [-0.4, -0.2) is 24.4 Å². The quantitative estimate of drug-likeness (QED) is 0.867. The van der Waals surface area contributed by atoms with Gasteiger partial charge in [-0.2, -0.15) is 0 Å². The van der Waals surface area contributed by atoms with E-state index in [2.05, 4.69) is 16.4 Å². The maximum Gasteiger partial charge on any atom is 0.206 e. The van der Waals surface area contributed by atoms with Crippen LogP contribution in [0.3, 0.4) is 0 Å². The molecule has 3 rings (SSSR count). The first kappa shape index (κ1) is 12.8. The molecule has 2 aromatic rings. The minimum Gasteiger partial charge on any atom is -0.494 e. The number of hydrogen-bond donors (Lipinski definition) is 1. The topological polar surface area (TPSA) is 51.2 Å². The van der Waals surface area contributed by atoms with Gasteiger partial charge in [0, 0.05) is 12.7 Å². The molecule has 4 nitrogen and oxygen atoms in total. The van der Waals surface area contributed by atoms with E-state index in [4.69, 9.17) is 4.74 Å². The van der Waals surface area contributed by atoms with Gasteiger partial charge in [-0.3, -0.25) is 4.79 Å². The Morgan fingerprint density at radius 1 is 1.30 bits per heavy atom. The summed E-state index contributed by atoms with van der Waals surface area (Å²) in [7, 11) is 1.55. The van der Waals surface area contributed by atoms with Gasteiger partial charge in [0.2, 0.25) is 5.78 Å². The Morgan fingerprint density at radius 2 is 2.15 bits per heavy atom. The highest BCUT2D eigenvalue weighted by atomic mass is 16.5. The predicted molar refractivity (Wildman–Crippen MR) is 76.0 cm³/mol. The lowest BCUT2D eigenvalue weighted by Gasteiger charge is -2.25. The Bertz CT molecular complexity index is 640. The zero-order chi connectivity index (χ0) is 13.9. The van der Waals surface area contributed by atoms with E-state index in [1.54, 1.807) is 25.4 Å². The van der Waals surface area contributed by atoms with Crippen LogP contribution in [0.25, 0.3) is 0 Å². The van der Waals surface area contributed by atoms with E-state index in [0.717, 1.165) is 18.5 Å². The molecule has 1 aliphatic heterocycles. The van der Waals surface area contributed by atoms with Crippen molar-refractivity contribution in [2.24, 2.45) is 0 Å². The fourth-order valence-electron chi connectivity index (χ4n) is 2.62. The molecule has 102 valence electrons. The number of aromatic nitrogens is 1. The van der Waals surface area contributed by atoms with Gasteiger partial charge < -0.3 is 10.1 Å². The number of Topliss-reactive ketones (excluding diaryl/α,β-unsaturated/α-hetero) is 1. The number of nitrogens with zero attached hydrogens (tertiary/aromatic N) is 1. The van der Waals surface area contributed by atoms with Crippen LogP contribution in [0.5, 0.6) is 5.75 Å². The molecule has 0 bridgehead atoms. The van der Waals surface area contributed by atoms with Crippen molar-refractivity contribution in [2.75, 3.05) is 13.7 Å². The van der Waals surface area contributed by atoms with Gasteiger partial charge in [0.05, 0.1) is 13.2 Å². The molecule has 1 N–H and O–H groups in total. The minimum atomic E-state index is -0.344. The summed E-state index contributed by atoms with van der Waals surface area (Å²) >= 11 is 0. The molecule has 0 radical (unpaired) electrons. The van der Waals surface area contributed by atoms with Crippen molar-refractivity contribution in [3.63, 3.8) is 0 Å². The van der Waals surface area contributed by atoms with Gasteiger partial charge in [0.15, 0.2) is 0 Å². The van der Waals surface area contributed by atoms with Crippen LogP contribution in [-0.2, 0) is 6.42 Å². The third-order valence-electron chi connectivity index (χ3n) is 3.60. The molecular weight excluding hydrogens is 252 g/mol. The molecule has 0 fully saturated rings. The normalized spacial score (nSPS) is 17.4. The molecule has 0 amide bonds. The summed E-state index contributed by atoms with van der Waals surface area (Å²) in [6, 6.07) is 11.2. The van der Waals surface area contributed by atoms with Crippen LogP contribution in [0.2, 0.25) is 0 Å². The standard InChI is InChI=1S/C16H16N2O2/c1-20-13-7-4-9-17-15(13)16(19)14-12-6-3-2-5-11(12)8-10-18-14/h2-7,9,14,18H,8,10H2,1H3. The number of carbonyl (C=O) groups is 1. The number of ether oxygens (including phenoxy) is 1. The molecule has 0 spiro atoms. The minimum absolute atomic E-state index is 0.0467. The SMILES string of the molecule is COc1cccnc1C(=O)C1NCCc2ccccc21. The van der Waals surface area contributed by atoms with Crippen LogP contribution < -0.4 is 10.1 Å². The molecule has 0 saturated carbocycles. The fourth-order valence-corrected chi connectivity index (χ4v) is 2.62. The van der Waals surface area contributed by atoms with Crippen LogP contribution >= 0.6 is 0 Å². The molecule has 2 heterocycles. The third kappa shape index (κ3) is 2.18. The van der Waals surface area contributed by atoms with Crippen molar-refractivity contribution in [1.82, 2.24) is 10.3 Å². The third-order valence-corrected chi connectivity index (χ3v) is 3.60. The second kappa shape index (κ2) is 5.43. The van der Waals surface area contributed by atoms with Crippen molar-refractivity contribution < 1.29 is 9.53 Å². The Kier molecular flexibility index (Phi) is 3.48. The molecule has 0 saturated heterocycles. The number of benzene rings is 1. The first-order valence-electron chi connectivity index (χ1n) is 6.65. The Morgan fingerprint density at radius 3 is 3.00 bits per heavy atom. The average Bonchev–Trinajstić information content (AvgIpc) is 2.53. The Balaban J connectivity index is 2.00. The van der Waals surface area contributed by atoms with Gasteiger partial charge in [-0.05, 0) is 29.7 Å². The number of carbonyl (C=O) groups excluding carboxylic acids is 1. The molecule has 1 aromatic carbocycles. The summed E-state index contributed by atoms with van der Waals surface area (Å²) < 4.78 is 5.23. The number of pyridine rings is 1. The zero-order valence-electron chi connectivity index (χ0n) is 11.3. The monoisotopic (exact) mass is 268 g/mol. The summed E-state index contributed by atoms with van der Waals surface area (Å²) in [4.78, 5) is 16.9. The second-order valence-electron chi connectivity index (χ2n) is 4.75. The molecule has 1 aliphatic rings. The number of rotatable bonds is 3. The summed E-state index contributed by atoms with van der Waals surface area (Å²) in [5.41, 5.74) is 2.64. The fraction of sp³-hybridized carbons (Fsp3) is 0.250. The van der Waals surface area contributed by atoms with Crippen LogP contribution in [0.15, 0.2) is 42.6 Å². The van der Waals surface area contributed by atoms with E-state index in [0.29, 0.717) is 11.4 Å². The molecule has 20 heavy (non-hydrogen) atoms. The average molecular weight is 268 g/mol. The van der Waals surface area contributed by atoms with Crippen molar-refractivity contribution in [3.8, 4) is 5.75 Å². The van der Waals surface area contributed by atoms with Gasteiger partial charge in [0.1, 0.15) is 11.4 Å². The number of hydrogen-bond acceptors (Lipinski definition) is 4. The van der Waals surface area contributed by atoms with Crippen molar-refractivity contribution in [3.05, 3.63) is 59.4 Å². The number of fused-ring (bicyclic) bond motifs is 1. The predicted octanol–water partition coefficient (Wildman–Crippen LogP) is 2.16. The summed E-state index contributed by atoms with van der Waals surface area (Å²) in [5, 5.41) is 3.28. The zero-order valence-corrected chi connectivity index (χ0v) is 11.3. The van der Waals surface area contributed by atoms with Crippen LogP contribution in [0.4, 0.5) is 0 Å². The molecular formula is C16H16N2O2. The van der Waals surface area contributed by atoms with E-state index < -0.39 is 0 Å². The highest BCUT2D eigenvalue weighted by Gasteiger charge is 2.29. The van der Waals surface area contributed by atoms with E-state index in [1.807, 2.05) is 18.2 Å². The lowest BCUT2D eigenvalue weighted by Crippen LogP contribution is -2.35. The highest BCUT2D eigenvalue weighted by molar-refractivity contribution is 6.01. The first-order chi connectivity index (χ1) is 9.81. The van der Waals surface area contributed by atoms with E-state index in [9.17, 15) is 4.79 Å². The highest BCUT2D eigenvalue weighted by Crippen LogP contribution is 2.28. The number of methoxy groups -OCH3 is 1. The molecule has 1 unspecified atom stereocenters. The molecule has 1 aromatic heterocycles. The summed E-state index contributed by atoms with van der Waals surface area (Å²) in [5.74, 6) is 0.469. The maximum absolute atomic E-state index is 12.7. The van der Waals surface area contributed by atoms with Gasteiger partial charge in [-0.15, -0.1) is 0 Å². The largest absolute Gasteiger partial charge is 0.494 e. The molecule has 4 heteroatoms. The van der Waals surface area contributed by atoms with Gasteiger partial charge >= 0.3 is 0 Å². The second-order valence-corrected chi connectivity index (χ2v) is 4.75.